The van der Waals surface area contributed by atoms with E-state index in [2.05, 4.69) is 24.5 Å². The van der Waals surface area contributed by atoms with Crippen molar-refractivity contribution in [3.63, 3.8) is 0 Å². The number of carbonyl (C=O) groups excluding carboxylic acids is 1. The number of hydrogen-bond acceptors (Lipinski definition) is 3. The van der Waals surface area contributed by atoms with E-state index >= 15 is 0 Å². The molecular formula is C12H22N2OS. The van der Waals surface area contributed by atoms with Gasteiger partial charge < -0.3 is 10.6 Å². The Morgan fingerprint density at radius 2 is 2.31 bits per heavy atom. The van der Waals surface area contributed by atoms with Gasteiger partial charge in [0.1, 0.15) is 0 Å². The lowest BCUT2D eigenvalue weighted by Crippen LogP contribution is -2.53. The van der Waals surface area contributed by atoms with Crippen molar-refractivity contribution in [3.05, 3.63) is 0 Å². The van der Waals surface area contributed by atoms with Gasteiger partial charge in [-0.25, -0.2) is 0 Å². The van der Waals surface area contributed by atoms with Gasteiger partial charge in [-0.05, 0) is 18.3 Å². The van der Waals surface area contributed by atoms with E-state index in [9.17, 15) is 4.79 Å². The van der Waals surface area contributed by atoms with Crippen molar-refractivity contribution in [2.45, 2.75) is 45.2 Å². The molecule has 0 aromatic carbocycles. The first-order chi connectivity index (χ1) is 7.59. The number of carbonyl (C=O) groups is 1. The molecule has 1 aliphatic carbocycles. The summed E-state index contributed by atoms with van der Waals surface area (Å²) in [6.07, 6.45) is 3.61. The molecule has 0 aromatic rings. The van der Waals surface area contributed by atoms with Crippen molar-refractivity contribution in [1.29, 1.82) is 0 Å². The van der Waals surface area contributed by atoms with E-state index in [0.29, 0.717) is 6.04 Å². The lowest BCUT2D eigenvalue weighted by Gasteiger charge is -2.30. The molecule has 2 unspecified atom stereocenters. The van der Waals surface area contributed by atoms with Crippen LogP contribution in [0, 0.1) is 5.41 Å². The number of thioether (sulfide) groups is 1. The Morgan fingerprint density at radius 1 is 1.50 bits per heavy atom. The summed E-state index contributed by atoms with van der Waals surface area (Å²) < 4.78 is 0. The molecule has 4 heteroatoms. The molecule has 1 amide bonds. The Hall–Kier alpha value is -0.220. The van der Waals surface area contributed by atoms with E-state index in [1.54, 1.807) is 0 Å². The average Bonchev–Trinajstić information content (AvgIpc) is 2.59. The largest absolute Gasteiger partial charge is 0.351 e. The van der Waals surface area contributed by atoms with Gasteiger partial charge in [-0.1, -0.05) is 20.3 Å². The van der Waals surface area contributed by atoms with Crippen LogP contribution in [0.3, 0.4) is 0 Å². The summed E-state index contributed by atoms with van der Waals surface area (Å²) in [4.78, 5) is 12.1. The van der Waals surface area contributed by atoms with Crippen LogP contribution in [0.25, 0.3) is 0 Å². The summed E-state index contributed by atoms with van der Waals surface area (Å²) in [6.45, 7) is 5.47. The molecule has 0 spiro atoms. The lowest BCUT2D eigenvalue weighted by atomic mass is 9.87. The molecule has 1 heterocycles. The van der Waals surface area contributed by atoms with Crippen LogP contribution in [-0.4, -0.2) is 36.0 Å². The van der Waals surface area contributed by atoms with Gasteiger partial charge in [-0.15, -0.1) is 0 Å². The standard InChI is InChI=1S/C12H22N2OS/c1-12(2)5-3-4-10(12)14-11(15)9-8-16-7-6-13-9/h9-10,13H,3-8H2,1-2H3,(H,14,15). The van der Waals surface area contributed by atoms with E-state index in [0.717, 1.165) is 24.5 Å². The molecule has 2 fully saturated rings. The van der Waals surface area contributed by atoms with Gasteiger partial charge in [-0.3, -0.25) is 4.79 Å². The zero-order valence-electron chi connectivity index (χ0n) is 10.2. The Balaban J connectivity index is 1.86. The van der Waals surface area contributed by atoms with Crippen LogP contribution >= 0.6 is 11.8 Å². The van der Waals surface area contributed by atoms with E-state index < -0.39 is 0 Å². The summed E-state index contributed by atoms with van der Waals surface area (Å²) in [5, 5.41) is 6.51. The van der Waals surface area contributed by atoms with Crippen molar-refractivity contribution < 1.29 is 4.79 Å². The van der Waals surface area contributed by atoms with Crippen LogP contribution in [-0.2, 0) is 4.79 Å². The molecule has 1 saturated carbocycles. The number of hydrogen-bond donors (Lipinski definition) is 2. The zero-order valence-corrected chi connectivity index (χ0v) is 11.0. The minimum atomic E-state index is 0.0233. The molecule has 3 nitrogen and oxygen atoms in total. The smallest absolute Gasteiger partial charge is 0.238 e. The van der Waals surface area contributed by atoms with E-state index in [4.69, 9.17) is 0 Å². The molecular weight excluding hydrogens is 220 g/mol. The third-order valence-corrected chi connectivity index (χ3v) is 4.87. The predicted octanol–water partition coefficient (Wildman–Crippen LogP) is 1.39. The zero-order chi connectivity index (χ0) is 11.6. The third-order valence-electron chi connectivity index (χ3n) is 3.81. The van der Waals surface area contributed by atoms with Crippen LogP contribution in [0.15, 0.2) is 0 Å². The average molecular weight is 242 g/mol. The first kappa shape index (κ1) is 12.2. The number of rotatable bonds is 2. The van der Waals surface area contributed by atoms with Gasteiger partial charge in [0.05, 0.1) is 6.04 Å². The molecule has 1 saturated heterocycles. The first-order valence-electron chi connectivity index (χ1n) is 6.21. The summed E-state index contributed by atoms with van der Waals surface area (Å²) in [5.41, 5.74) is 0.275. The molecule has 16 heavy (non-hydrogen) atoms. The van der Waals surface area contributed by atoms with E-state index in [1.807, 2.05) is 11.8 Å². The van der Waals surface area contributed by atoms with Gasteiger partial charge in [0.15, 0.2) is 0 Å². The molecule has 2 atom stereocenters. The fourth-order valence-corrected chi connectivity index (χ4v) is 3.53. The Kier molecular flexibility index (Phi) is 3.80. The molecule has 0 aromatic heterocycles. The fourth-order valence-electron chi connectivity index (χ4n) is 2.60. The maximum Gasteiger partial charge on any atom is 0.238 e. The van der Waals surface area contributed by atoms with Gasteiger partial charge in [-0.2, -0.15) is 11.8 Å². The highest BCUT2D eigenvalue weighted by Gasteiger charge is 2.36. The van der Waals surface area contributed by atoms with E-state index in [1.165, 1.54) is 12.8 Å². The number of nitrogens with one attached hydrogen (secondary N) is 2. The van der Waals surface area contributed by atoms with Gasteiger partial charge in [0, 0.05) is 24.1 Å². The second kappa shape index (κ2) is 4.96. The van der Waals surface area contributed by atoms with Crippen molar-refractivity contribution in [2.24, 2.45) is 5.41 Å². The molecule has 0 radical (unpaired) electrons. The van der Waals surface area contributed by atoms with Gasteiger partial charge in [0.2, 0.25) is 5.91 Å². The normalized spacial score (nSPS) is 33.6. The van der Waals surface area contributed by atoms with Crippen LogP contribution < -0.4 is 10.6 Å². The molecule has 92 valence electrons. The van der Waals surface area contributed by atoms with Crippen LogP contribution in [0.1, 0.15) is 33.1 Å². The van der Waals surface area contributed by atoms with Crippen molar-refractivity contribution in [1.82, 2.24) is 10.6 Å². The second-order valence-corrected chi connectivity index (χ2v) is 6.67. The Labute approximate surface area is 102 Å². The summed E-state index contributed by atoms with van der Waals surface area (Å²) >= 11 is 1.87. The highest BCUT2D eigenvalue weighted by atomic mass is 32.2. The molecule has 2 N–H and O–H groups in total. The topological polar surface area (TPSA) is 41.1 Å². The maximum absolute atomic E-state index is 12.1. The fraction of sp³-hybridized carbons (Fsp3) is 0.917. The monoisotopic (exact) mass is 242 g/mol. The molecule has 2 rings (SSSR count). The third kappa shape index (κ3) is 2.72. The van der Waals surface area contributed by atoms with E-state index in [-0.39, 0.29) is 17.4 Å². The van der Waals surface area contributed by atoms with Crippen LogP contribution in [0.5, 0.6) is 0 Å². The molecule has 1 aliphatic heterocycles. The lowest BCUT2D eigenvalue weighted by molar-refractivity contribution is -0.124. The Morgan fingerprint density at radius 3 is 2.88 bits per heavy atom. The quantitative estimate of drug-likeness (QED) is 0.769. The predicted molar refractivity (Wildman–Crippen MR) is 68.7 cm³/mol. The highest BCUT2D eigenvalue weighted by molar-refractivity contribution is 7.99. The Bertz CT molecular complexity index is 262. The van der Waals surface area contributed by atoms with Crippen LogP contribution in [0.4, 0.5) is 0 Å². The number of amides is 1. The summed E-state index contributed by atoms with van der Waals surface area (Å²) in [6, 6.07) is 0.392. The van der Waals surface area contributed by atoms with Gasteiger partial charge in [0.25, 0.3) is 0 Å². The van der Waals surface area contributed by atoms with Crippen molar-refractivity contribution >= 4 is 17.7 Å². The second-order valence-electron chi connectivity index (χ2n) is 5.52. The summed E-state index contributed by atoms with van der Waals surface area (Å²) in [7, 11) is 0. The highest BCUT2D eigenvalue weighted by Crippen LogP contribution is 2.37. The molecule has 0 bridgehead atoms. The first-order valence-corrected chi connectivity index (χ1v) is 7.36. The minimum absolute atomic E-state index is 0.0233. The SMILES string of the molecule is CC1(C)CCCC1NC(=O)C1CSCCN1. The van der Waals surface area contributed by atoms with Crippen LogP contribution in [0.2, 0.25) is 0 Å². The molecule has 2 aliphatic rings. The van der Waals surface area contributed by atoms with Crippen molar-refractivity contribution in [3.8, 4) is 0 Å². The maximum atomic E-state index is 12.1. The van der Waals surface area contributed by atoms with Crippen molar-refractivity contribution in [2.75, 3.05) is 18.1 Å². The van der Waals surface area contributed by atoms with Gasteiger partial charge >= 0.3 is 0 Å². The minimum Gasteiger partial charge on any atom is -0.351 e. The summed E-state index contributed by atoms with van der Waals surface area (Å²) in [5.74, 6) is 2.24.